The first-order valence-corrected chi connectivity index (χ1v) is 7.74. The van der Waals surface area contributed by atoms with Gasteiger partial charge in [-0.1, -0.05) is 58.4 Å². The fourth-order valence-corrected chi connectivity index (χ4v) is 2.74. The van der Waals surface area contributed by atoms with Crippen molar-refractivity contribution in [1.29, 1.82) is 0 Å². The molecular formula is C17H11BrF3N. The van der Waals surface area contributed by atoms with E-state index in [4.69, 9.17) is 0 Å². The van der Waals surface area contributed by atoms with Crippen LogP contribution in [0.2, 0.25) is 0 Å². The Hall–Kier alpha value is -1.88. The van der Waals surface area contributed by atoms with E-state index in [1.165, 1.54) is 6.07 Å². The molecule has 2 aromatic carbocycles. The molecule has 0 spiro atoms. The van der Waals surface area contributed by atoms with Crippen molar-refractivity contribution >= 4 is 26.8 Å². The maximum absolute atomic E-state index is 13.2. The monoisotopic (exact) mass is 365 g/mol. The van der Waals surface area contributed by atoms with Gasteiger partial charge in [0.05, 0.1) is 16.8 Å². The molecular weight excluding hydrogens is 355 g/mol. The summed E-state index contributed by atoms with van der Waals surface area (Å²) in [5.41, 5.74) is 1.49. The molecule has 5 heteroatoms. The van der Waals surface area contributed by atoms with Crippen molar-refractivity contribution in [3.63, 3.8) is 0 Å². The number of aromatic nitrogens is 1. The molecule has 0 N–H and O–H groups in total. The molecule has 0 aliphatic carbocycles. The molecule has 0 atom stereocenters. The van der Waals surface area contributed by atoms with E-state index in [2.05, 4.69) is 20.9 Å². The van der Waals surface area contributed by atoms with E-state index in [9.17, 15) is 13.2 Å². The first-order valence-electron chi connectivity index (χ1n) is 6.62. The van der Waals surface area contributed by atoms with Gasteiger partial charge in [-0.3, -0.25) is 4.98 Å². The molecule has 0 saturated heterocycles. The van der Waals surface area contributed by atoms with Crippen LogP contribution in [0, 0.1) is 0 Å². The Morgan fingerprint density at radius 2 is 1.68 bits per heavy atom. The summed E-state index contributed by atoms with van der Waals surface area (Å²) in [7, 11) is 0. The van der Waals surface area contributed by atoms with Crippen molar-refractivity contribution in [3.05, 3.63) is 65.9 Å². The molecule has 0 amide bonds. The van der Waals surface area contributed by atoms with Crippen molar-refractivity contribution in [1.82, 2.24) is 4.98 Å². The summed E-state index contributed by atoms with van der Waals surface area (Å²) in [6.07, 6.45) is -4.43. The molecule has 0 saturated carbocycles. The van der Waals surface area contributed by atoms with Gasteiger partial charge in [0.25, 0.3) is 0 Å². The van der Waals surface area contributed by atoms with Crippen LogP contribution < -0.4 is 0 Å². The Balaban J connectivity index is 2.38. The van der Waals surface area contributed by atoms with E-state index >= 15 is 0 Å². The van der Waals surface area contributed by atoms with Crippen LogP contribution in [0.25, 0.3) is 22.0 Å². The zero-order valence-electron chi connectivity index (χ0n) is 11.4. The van der Waals surface area contributed by atoms with E-state index in [-0.39, 0.29) is 5.52 Å². The topological polar surface area (TPSA) is 12.9 Å². The Bertz CT molecular complexity index is 813. The normalized spacial score (nSPS) is 11.8. The van der Waals surface area contributed by atoms with Crippen LogP contribution in [0.5, 0.6) is 0 Å². The third-order valence-electron chi connectivity index (χ3n) is 3.42. The average Bonchev–Trinajstić information content (AvgIpc) is 2.53. The highest BCUT2D eigenvalue weighted by Crippen LogP contribution is 2.37. The number of hydrogen-bond donors (Lipinski definition) is 0. The SMILES string of the molecule is FC(F)(F)c1cccc2c(-c3ccccc3)cc(CBr)nc12. The number of rotatable bonds is 2. The quantitative estimate of drug-likeness (QED) is 0.521. The molecule has 3 rings (SSSR count). The number of hydrogen-bond acceptors (Lipinski definition) is 1. The lowest BCUT2D eigenvalue weighted by molar-refractivity contribution is -0.136. The zero-order valence-corrected chi connectivity index (χ0v) is 12.9. The number of fused-ring (bicyclic) bond motifs is 1. The minimum atomic E-state index is -4.43. The molecule has 0 fully saturated rings. The van der Waals surface area contributed by atoms with Gasteiger partial charge >= 0.3 is 6.18 Å². The van der Waals surface area contributed by atoms with Gasteiger partial charge in [0.1, 0.15) is 0 Å². The third kappa shape index (κ3) is 2.73. The maximum Gasteiger partial charge on any atom is 0.418 e. The van der Waals surface area contributed by atoms with Crippen LogP contribution in [-0.2, 0) is 11.5 Å². The highest BCUT2D eigenvalue weighted by molar-refractivity contribution is 9.08. The standard InChI is InChI=1S/C17H11BrF3N/c18-10-12-9-14(11-5-2-1-3-6-11)13-7-4-8-15(16(13)22-12)17(19,20)21/h1-9H,10H2. The Morgan fingerprint density at radius 1 is 0.955 bits per heavy atom. The van der Waals surface area contributed by atoms with Crippen molar-refractivity contribution in [2.45, 2.75) is 11.5 Å². The third-order valence-corrected chi connectivity index (χ3v) is 3.99. The fraction of sp³-hybridized carbons (Fsp3) is 0.118. The van der Waals surface area contributed by atoms with Crippen LogP contribution >= 0.6 is 15.9 Å². The summed E-state index contributed by atoms with van der Waals surface area (Å²) < 4.78 is 39.7. The van der Waals surface area contributed by atoms with Crippen LogP contribution in [0.3, 0.4) is 0 Å². The van der Waals surface area contributed by atoms with E-state index < -0.39 is 11.7 Å². The van der Waals surface area contributed by atoms with Gasteiger partial charge in [0.2, 0.25) is 0 Å². The lowest BCUT2D eigenvalue weighted by Gasteiger charge is -2.14. The van der Waals surface area contributed by atoms with Gasteiger partial charge in [-0.2, -0.15) is 13.2 Å². The second-order valence-electron chi connectivity index (χ2n) is 4.86. The van der Waals surface area contributed by atoms with Crippen molar-refractivity contribution < 1.29 is 13.2 Å². The second kappa shape index (κ2) is 5.72. The number of para-hydroxylation sites is 1. The number of benzene rings is 2. The van der Waals surface area contributed by atoms with Crippen LogP contribution in [-0.4, -0.2) is 4.98 Å². The second-order valence-corrected chi connectivity index (χ2v) is 5.42. The van der Waals surface area contributed by atoms with Gasteiger partial charge < -0.3 is 0 Å². The molecule has 1 aromatic heterocycles. The summed E-state index contributed by atoms with van der Waals surface area (Å²) in [5.74, 6) is 0. The molecule has 0 aliphatic rings. The Morgan fingerprint density at radius 3 is 2.32 bits per heavy atom. The van der Waals surface area contributed by atoms with Gasteiger partial charge in [0.15, 0.2) is 0 Å². The van der Waals surface area contributed by atoms with E-state index in [0.717, 1.165) is 17.2 Å². The number of nitrogens with zero attached hydrogens (tertiary/aromatic N) is 1. The minimum Gasteiger partial charge on any atom is -0.251 e. The van der Waals surface area contributed by atoms with Gasteiger partial charge in [-0.15, -0.1) is 0 Å². The van der Waals surface area contributed by atoms with Gasteiger partial charge in [-0.25, -0.2) is 0 Å². The summed E-state index contributed by atoms with van der Waals surface area (Å²) >= 11 is 3.28. The largest absolute Gasteiger partial charge is 0.418 e. The van der Waals surface area contributed by atoms with E-state index in [1.54, 1.807) is 6.07 Å². The molecule has 3 aromatic rings. The van der Waals surface area contributed by atoms with Gasteiger partial charge in [0, 0.05) is 10.7 Å². The Labute approximate surface area is 133 Å². The van der Waals surface area contributed by atoms with Crippen molar-refractivity contribution in [2.24, 2.45) is 0 Å². The smallest absolute Gasteiger partial charge is 0.251 e. The predicted molar refractivity (Wildman–Crippen MR) is 84.8 cm³/mol. The molecule has 22 heavy (non-hydrogen) atoms. The molecule has 0 bridgehead atoms. The molecule has 1 heterocycles. The lowest BCUT2D eigenvalue weighted by atomic mass is 9.98. The van der Waals surface area contributed by atoms with Crippen molar-refractivity contribution in [3.8, 4) is 11.1 Å². The molecule has 112 valence electrons. The average molecular weight is 366 g/mol. The number of pyridine rings is 1. The first kappa shape index (κ1) is 15.0. The first-order chi connectivity index (χ1) is 10.5. The summed E-state index contributed by atoms with van der Waals surface area (Å²) in [4.78, 5) is 4.18. The van der Waals surface area contributed by atoms with Crippen LogP contribution in [0.4, 0.5) is 13.2 Å². The zero-order chi connectivity index (χ0) is 15.7. The molecule has 0 radical (unpaired) electrons. The highest BCUT2D eigenvalue weighted by Gasteiger charge is 2.33. The molecule has 0 aliphatic heterocycles. The maximum atomic E-state index is 13.2. The number of alkyl halides is 4. The molecule has 0 unspecified atom stereocenters. The minimum absolute atomic E-state index is 0.00852. The summed E-state index contributed by atoms with van der Waals surface area (Å²) in [6.45, 7) is 0. The van der Waals surface area contributed by atoms with Gasteiger partial charge in [-0.05, 0) is 23.3 Å². The van der Waals surface area contributed by atoms with Crippen molar-refractivity contribution in [2.75, 3.05) is 0 Å². The Kier molecular flexibility index (Phi) is 3.91. The molecule has 1 nitrogen and oxygen atoms in total. The van der Waals surface area contributed by atoms with E-state index in [1.807, 2.05) is 36.4 Å². The summed E-state index contributed by atoms with van der Waals surface area (Å²) in [6, 6.07) is 15.4. The van der Waals surface area contributed by atoms with E-state index in [0.29, 0.717) is 16.4 Å². The fourth-order valence-electron chi connectivity index (χ4n) is 2.46. The highest BCUT2D eigenvalue weighted by atomic mass is 79.9. The number of halogens is 4. The predicted octanol–water partition coefficient (Wildman–Crippen LogP) is 5.82. The summed E-state index contributed by atoms with van der Waals surface area (Å²) in [5, 5.41) is 0.903. The van der Waals surface area contributed by atoms with Crippen LogP contribution in [0.15, 0.2) is 54.6 Å². The lowest BCUT2D eigenvalue weighted by Crippen LogP contribution is -2.07. The van der Waals surface area contributed by atoms with Crippen LogP contribution in [0.1, 0.15) is 11.3 Å².